The van der Waals surface area contributed by atoms with E-state index in [1.165, 1.54) is 12.8 Å². The van der Waals surface area contributed by atoms with Crippen molar-refractivity contribution in [3.05, 3.63) is 42.0 Å². The van der Waals surface area contributed by atoms with Crippen molar-refractivity contribution in [3.8, 4) is 0 Å². The zero-order valence-corrected chi connectivity index (χ0v) is 16.1. The highest BCUT2D eigenvalue weighted by Crippen LogP contribution is 2.40. The van der Waals surface area contributed by atoms with Gasteiger partial charge in [-0.1, -0.05) is 43.8 Å². The molecule has 0 atom stereocenters. The van der Waals surface area contributed by atoms with Crippen molar-refractivity contribution in [2.24, 2.45) is 0 Å². The van der Waals surface area contributed by atoms with Crippen LogP contribution in [0, 0.1) is 0 Å². The van der Waals surface area contributed by atoms with Gasteiger partial charge in [-0.05, 0) is 25.0 Å². The normalized spacial score (nSPS) is 13.9. The molecule has 0 aliphatic heterocycles. The van der Waals surface area contributed by atoms with E-state index in [-0.39, 0.29) is 5.95 Å². The van der Waals surface area contributed by atoms with Crippen LogP contribution in [-0.2, 0) is 5.75 Å². The third-order valence-electron chi connectivity index (χ3n) is 4.18. The molecule has 3 aromatic rings. The van der Waals surface area contributed by atoms with E-state index in [1.54, 1.807) is 11.8 Å². The summed E-state index contributed by atoms with van der Waals surface area (Å²) in [6.07, 6.45) is 2.38. The van der Waals surface area contributed by atoms with Gasteiger partial charge in [0.2, 0.25) is 11.9 Å². The molecular formula is C18H22N8S. The lowest BCUT2D eigenvalue weighted by Crippen LogP contribution is -2.07. The molecule has 0 bridgehead atoms. The maximum absolute atomic E-state index is 5.87. The lowest BCUT2D eigenvalue weighted by molar-refractivity contribution is 0.599. The number of hydrogen-bond donors (Lipinski definition) is 2. The molecule has 1 aliphatic carbocycles. The molecule has 2 heterocycles. The van der Waals surface area contributed by atoms with Gasteiger partial charge in [0.05, 0.1) is 5.75 Å². The first-order valence-corrected chi connectivity index (χ1v) is 9.99. The minimum atomic E-state index is 0.200. The number of anilines is 3. The molecule has 140 valence electrons. The molecule has 0 unspecified atom stereocenters. The smallest absolute Gasteiger partial charge is 0.232 e. The van der Waals surface area contributed by atoms with Gasteiger partial charge >= 0.3 is 0 Å². The van der Waals surface area contributed by atoms with E-state index in [0.29, 0.717) is 29.5 Å². The molecule has 0 saturated heterocycles. The predicted octanol–water partition coefficient (Wildman–Crippen LogP) is 3.54. The Morgan fingerprint density at radius 3 is 2.63 bits per heavy atom. The fourth-order valence-electron chi connectivity index (χ4n) is 2.79. The second-order valence-electron chi connectivity index (χ2n) is 6.81. The molecule has 0 spiro atoms. The van der Waals surface area contributed by atoms with Crippen LogP contribution in [0.5, 0.6) is 0 Å². The average molecular weight is 382 g/mol. The summed E-state index contributed by atoms with van der Waals surface area (Å²) >= 11 is 1.58. The first-order chi connectivity index (χ1) is 13.1. The van der Waals surface area contributed by atoms with Gasteiger partial charge in [-0.3, -0.25) is 0 Å². The van der Waals surface area contributed by atoms with Crippen molar-refractivity contribution >= 4 is 29.3 Å². The minimum Gasteiger partial charge on any atom is -0.368 e. The number of aromatic nitrogens is 6. The van der Waals surface area contributed by atoms with Crippen molar-refractivity contribution in [1.29, 1.82) is 0 Å². The molecule has 2 aromatic heterocycles. The number of nitrogen functional groups attached to an aromatic ring is 1. The number of benzene rings is 1. The summed E-state index contributed by atoms with van der Waals surface area (Å²) in [6.45, 7) is 4.29. The van der Waals surface area contributed by atoms with Gasteiger partial charge in [0.25, 0.3) is 0 Å². The molecule has 1 fully saturated rings. The van der Waals surface area contributed by atoms with Crippen LogP contribution in [0.4, 0.5) is 17.6 Å². The molecular weight excluding hydrogens is 360 g/mol. The molecule has 8 nitrogen and oxygen atoms in total. The highest BCUT2D eigenvalue weighted by atomic mass is 32.2. The monoisotopic (exact) mass is 382 g/mol. The Balaban J connectivity index is 1.50. The van der Waals surface area contributed by atoms with Crippen molar-refractivity contribution in [2.45, 2.75) is 49.6 Å². The molecule has 1 aliphatic rings. The van der Waals surface area contributed by atoms with E-state index < -0.39 is 0 Å². The lowest BCUT2D eigenvalue weighted by atomic mass is 10.2. The largest absolute Gasteiger partial charge is 0.368 e. The van der Waals surface area contributed by atoms with E-state index in [2.05, 4.69) is 48.9 Å². The van der Waals surface area contributed by atoms with Gasteiger partial charge in [-0.15, -0.1) is 10.2 Å². The van der Waals surface area contributed by atoms with Crippen LogP contribution in [0.2, 0.25) is 0 Å². The number of para-hydroxylation sites is 1. The Hall–Kier alpha value is -2.68. The van der Waals surface area contributed by atoms with Gasteiger partial charge in [-0.25, -0.2) is 0 Å². The average Bonchev–Trinajstić information content (AvgIpc) is 3.39. The highest BCUT2D eigenvalue weighted by molar-refractivity contribution is 7.98. The van der Waals surface area contributed by atoms with E-state index in [1.807, 2.05) is 30.3 Å². The third kappa shape index (κ3) is 4.19. The number of thioether (sulfide) groups is 1. The highest BCUT2D eigenvalue weighted by Gasteiger charge is 2.30. The van der Waals surface area contributed by atoms with E-state index in [9.17, 15) is 0 Å². The SMILES string of the molecule is CC(C)c1nnc(SCc2nc(N)nc(Nc3ccccc3)n2)n1C1CC1. The van der Waals surface area contributed by atoms with Gasteiger partial charge < -0.3 is 15.6 Å². The van der Waals surface area contributed by atoms with Crippen LogP contribution in [0.15, 0.2) is 35.5 Å². The topological polar surface area (TPSA) is 107 Å². The van der Waals surface area contributed by atoms with Crippen LogP contribution in [-0.4, -0.2) is 29.7 Å². The lowest BCUT2D eigenvalue weighted by Gasteiger charge is -2.10. The fraction of sp³-hybridized carbons (Fsp3) is 0.389. The molecule has 9 heteroatoms. The van der Waals surface area contributed by atoms with Crippen molar-refractivity contribution in [1.82, 2.24) is 29.7 Å². The summed E-state index contributed by atoms with van der Waals surface area (Å²) in [7, 11) is 0. The van der Waals surface area contributed by atoms with Gasteiger partial charge in [0.15, 0.2) is 5.16 Å². The molecule has 27 heavy (non-hydrogen) atoms. The summed E-state index contributed by atoms with van der Waals surface area (Å²) < 4.78 is 2.27. The Morgan fingerprint density at radius 1 is 1.15 bits per heavy atom. The zero-order chi connectivity index (χ0) is 18.8. The van der Waals surface area contributed by atoms with Gasteiger partial charge in [-0.2, -0.15) is 15.0 Å². The second kappa shape index (κ2) is 7.51. The van der Waals surface area contributed by atoms with Gasteiger partial charge in [0.1, 0.15) is 11.6 Å². The first kappa shape index (κ1) is 17.7. The molecule has 4 rings (SSSR count). The molecule has 0 radical (unpaired) electrons. The Bertz CT molecular complexity index is 920. The Kier molecular flexibility index (Phi) is 4.93. The van der Waals surface area contributed by atoms with Crippen molar-refractivity contribution in [3.63, 3.8) is 0 Å². The summed E-state index contributed by atoms with van der Waals surface area (Å²) in [5.41, 5.74) is 6.77. The maximum Gasteiger partial charge on any atom is 0.232 e. The predicted molar refractivity (Wildman–Crippen MR) is 106 cm³/mol. The van der Waals surface area contributed by atoms with Crippen LogP contribution >= 0.6 is 11.8 Å². The van der Waals surface area contributed by atoms with Crippen LogP contribution < -0.4 is 11.1 Å². The Morgan fingerprint density at radius 2 is 1.93 bits per heavy atom. The van der Waals surface area contributed by atoms with Crippen LogP contribution in [0.1, 0.15) is 50.3 Å². The maximum atomic E-state index is 5.87. The van der Waals surface area contributed by atoms with E-state index in [4.69, 9.17) is 5.73 Å². The second-order valence-corrected chi connectivity index (χ2v) is 7.75. The summed E-state index contributed by atoms with van der Waals surface area (Å²) in [6, 6.07) is 10.3. The number of nitrogens with zero attached hydrogens (tertiary/aromatic N) is 6. The zero-order valence-electron chi connectivity index (χ0n) is 15.3. The fourth-order valence-corrected chi connectivity index (χ4v) is 3.66. The van der Waals surface area contributed by atoms with Crippen LogP contribution in [0.25, 0.3) is 0 Å². The van der Waals surface area contributed by atoms with E-state index >= 15 is 0 Å². The van der Waals surface area contributed by atoms with Gasteiger partial charge in [0, 0.05) is 17.6 Å². The molecule has 0 amide bonds. The summed E-state index contributed by atoms with van der Waals surface area (Å²) in [5.74, 6) is 3.20. The molecule has 1 saturated carbocycles. The minimum absolute atomic E-state index is 0.200. The summed E-state index contributed by atoms with van der Waals surface area (Å²) in [5, 5.41) is 12.8. The Labute approximate surface area is 162 Å². The van der Waals surface area contributed by atoms with Crippen LogP contribution in [0.3, 0.4) is 0 Å². The van der Waals surface area contributed by atoms with Crippen molar-refractivity contribution < 1.29 is 0 Å². The third-order valence-corrected chi connectivity index (χ3v) is 5.12. The number of nitrogens with two attached hydrogens (primary N) is 1. The number of rotatable bonds is 7. The first-order valence-electron chi connectivity index (χ1n) is 9.00. The quantitative estimate of drug-likeness (QED) is 0.598. The number of nitrogens with one attached hydrogen (secondary N) is 1. The van der Waals surface area contributed by atoms with E-state index in [0.717, 1.165) is 16.7 Å². The van der Waals surface area contributed by atoms with Crippen molar-refractivity contribution in [2.75, 3.05) is 11.1 Å². The molecule has 3 N–H and O–H groups in total. The molecule has 1 aromatic carbocycles. The summed E-state index contributed by atoms with van der Waals surface area (Å²) in [4.78, 5) is 12.9. The number of hydrogen-bond acceptors (Lipinski definition) is 8. The standard InChI is InChI=1S/C18H22N8S/c1-11(2)15-24-25-18(26(15)13-8-9-13)27-10-14-21-16(19)23-17(22-14)20-12-6-4-3-5-7-12/h3-7,11,13H,8-10H2,1-2H3,(H3,19,20,21,22,23).